The van der Waals surface area contributed by atoms with Crippen molar-refractivity contribution < 1.29 is 4.79 Å². The van der Waals surface area contributed by atoms with E-state index in [0.29, 0.717) is 6.42 Å². The second kappa shape index (κ2) is 6.65. The van der Waals surface area contributed by atoms with Gasteiger partial charge in [0.2, 0.25) is 0 Å². The highest BCUT2D eigenvalue weighted by Crippen LogP contribution is 2.20. The summed E-state index contributed by atoms with van der Waals surface area (Å²) in [6.07, 6.45) is 1.48. The van der Waals surface area contributed by atoms with Crippen LogP contribution in [0.4, 0.5) is 5.69 Å². The number of rotatable bonds is 6. The number of H-pyrrole nitrogens is 1. The van der Waals surface area contributed by atoms with Gasteiger partial charge in [0, 0.05) is 17.7 Å². The second-order valence-corrected chi connectivity index (χ2v) is 5.76. The Morgan fingerprint density at radius 3 is 2.61 bits per heavy atom. The SMILES string of the molecule is CCCC(=O)c1ccc(NC(C)c2nc3ccccc3[nH]2)cc1. The Labute approximate surface area is 136 Å². The quantitative estimate of drug-likeness (QED) is 0.648. The van der Waals surface area contributed by atoms with Crippen molar-refractivity contribution in [2.45, 2.75) is 32.7 Å². The minimum absolute atomic E-state index is 0.0552. The fourth-order valence-electron chi connectivity index (χ4n) is 2.62. The van der Waals surface area contributed by atoms with E-state index in [1.165, 1.54) is 0 Å². The third-order valence-corrected chi connectivity index (χ3v) is 3.88. The molecule has 2 N–H and O–H groups in total. The van der Waals surface area contributed by atoms with Crippen molar-refractivity contribution in [2.24, 2.45) is 0 Å². The number of nitrogens with one attached hydrogen (secondary N) is 2. The van der Waals surface area contributed by atoms with Gasteiger partial charge < -0.3 is 10.3 Å². The summed E-state index contributed by atoms with van der Waals surface area (Å²) >= 11 is 0. The molecular weight excluding hydrogens is 286 g/mol. The number of hydrogen-bond acceptors (Lipinski definition) is 3. The van der Waals surface area contributed by atoms with Crippen molar-refractivity contribution in [1.82, 2.24) is 9.97 Å². The topological polar surface area (TPSA) is 57.8 Å². The van der Waals surface area contributed by atoms with Gasteiger partial charge in [-0.2, -0.15) is 0 Å². The third-order valence-electron chi connectivity index (χ3n) is 3.88. The number of hydrogen-bond donors (Lipinski definition) is 2. The van der Waals surface area contributed by atoms with Gasteiger partial charge in [0.15, 0.2) is 5.78 Å². The molecule has 4 heteroatoms. The molecule has 1 aromatic heterocycles. The van der Waals surface area contributed by atoms with E-state index in [0.717, 1.165) is 34.5 Å². The van der Waals surface area contributed by atoms with Gasteiger partial charge in [0.1, 0.15) is 5.82 Å². The van der Waals surface area contributed by atoms with Crippen molar-refractivity contribution in [3.8, 4) is 0 Å². The first-order chi connectivity index (χ1) is 11.2. The average Bonchev–Trinajstić information content (AvgIpc) is 3.00. The van der Waals surface area contributed by atoms with E-state index in [2.05, 4.69) is 22.2 Å². The van der Waals surface area contributed by atoms with Gasteiger partial charge in [-0.3, -0.25) is 4.79 Å². The highest BCUT2D eigenvalue weighted by molar-refractivity contribution is 5.96. The van der Waals surface area contributed by atoms with Crippen molar-refractivity contribution in [3.05, 3.63) is 59.9 Å². The second-order valence-electron chi connectivity index (χ2n) is 5.76. The van der Waals surface area contributed by atoms with E-state index in [9.17, 15) is 4.79 Å². The molecule has 1 atom stereocenters. The molecule has 0 radical (unpaired) electrons. The standard InChI is InChI=1S/C19H21N3O/c1-3-6-18(23)14-9-11-15(12-10-14)20-13(2)19-21-16-7-4-5-8-17(16)22-19/h4-5,7-13,20H,3,6H2,1-2H3,(H,21,22). The Morgan fingerprint density at radius 1 is 1.17 bits per heavy atom. The van der Waals surface area contributed by atoms with Crippen LogP contribution in [-0.4, -0.2) is 15.8 Å². The Bertz CT molecular complexity index is 772. The summed E-state index contributed by atoms with van der Waals surface area (Å²) < 4.78 is 0. The van der Waals surface area contributed by atoms with Crippen LogP contribution in [0.2, 0.25) is 0 Å². The maximum Gasteiger partial charge on any atom is 0.162 e. The van der Waals surface area contributed by atoms with Crippen LogP contribution < -0.4 is 5.32 Å². The molecule has 0 spiro atoms. The molecule has 0 saturated heterocycles. The highest BCUT2D eigenvalue weighted by atomic mass is 16.1. The predicted molar refractivity (Wildman–Crippen MR) is 93.8 cm³/mol. The molecule has 0 aliphatic heterocycles. The average molecular weight is 307 g/mol. The summed E-state index contributed by atoms with van der Waals surface area (Å²) in [7, 11) is 0. The molecule has 0 aliphatic rings. The number of aromatic amines is 1. The molecular formula is C19H21N3O. The van der Waals surface area contributed by atoms with Crippen molar-refractivity contribution in [3.63, 3.8) is 0 Å². The normalized spacial score (nSPS) is 12.3. The minimum Gasteiger partial charge on any atom is -0.375 e. The molecule has 23 heavy (non-hydrogen) atoms. The predicted octanol–water partition coefficient (Wildman–Crippen LogP) is 4.72. The minimum atomic E-state index is 0.0552. The molecule has 4 nitrogen and oxygen atoms in total. The molecule has 3 rings (SSSR count). The monoisotopic (exact) mass is 307 g/mol. The lowest BCUT2D eigenvalue weighted by molar-refractivity contribution is 0.0982. The number of carbonyl (C=O) groups is 1. The van der Waals surface area contributed by atoms with Crippen LogP contribution in [0, 0.1) is 0 Å². The molecule has 0 saturated carbocycles. The van der Waals surface area contributed by atoms with E-state index in [1.807, 2.05) is 55.5 Å². The highest BCUT2D eigenvalue weighted by Gasteiger charge is 2.11. The molecule has 0 bridgehead atoms. The van der Waals surface area contributed by atoms with E-state index >= 15 is 0 Å². The zero-order chi connectivity index (χ0) is 16.2. The van der Waals surface area contributed by atoms with Gasteiger partial charge in [-0.1, -0.05) is 19.1 Å². The molecule has 1 unspecified atom stereocenters. The molecule has 0 aliphatic carbocycles. The van der Waals surface area contributed by atoms with E-state index < -0.39 is 0 Å². The smallest absolute Gasteiger partial charge is 0.162 e. The Hall–Kier alpha value is -2.62. The number of aromatic nitrogens is 2. The molecule has 0 fully saturated rings. The summed E-state index contributed by atoms with van der Waals surface area (Å²) in [4.78, 5) is 19.8. The van der Waals surface area contributed by atoms with E-state index in [4.69, 9.17) is 0 Å². The fourth-order valence-corrected chi connectivity index (χ4v) is 2.62. The van der Waals surface area contributed by atoms with Crippen LogP contribution in [0.1, 0.15) is 48.9 Å². The maximum atomic E-state index is 11.9. The van der Waals surface area contributed by atoms with Crippen LogP contribution in [-0.2, 0) is 0 Å². The van der Waals surface area contributed by atoms with Crippen molar-refractivity contribution in [2.75, 3.05) is 5.32 Å². The number of ketones is 1. The molecule has 2 aromatic carbocycles. The summed E-state index contributed by atoms with van der Waals surface area (Å²) in [5, 5.41) is 3.41. The van der Waals surface area contributed by atoms with Gasteiger partial charge in [-0.25, -0.2) is 4.98 Å². The molecule has 1 heterocycles. The van der Waals surface area contributed by atoms with E-state index in [1.54, 1.807) is 0 Å². The van der Waals surface area contributed by atoms with Crippen LogP contribution in [0.3, 0.4) is 0 Å². The van der Waals surface area contributed by atoms with Crippen molar-refractivity contribution in [1.29, 1.82) is 0 Å². The summed E-state index contributed by atoms with van der Waals surface area (Å²) in [5.74, 6) is 1.10. The lowest BCUT2D eigenvalue weighted by Gasteiger charge is -2.13. The van der Waals surface area contributed by atoms with E-state index in [-0.39, 0.29) is 11.8 Å². The van der Waals surface area contributed by atoms with Gasteiger partial charge in [-0.05, 0) is 49.7 Å². The number of carbonyl (C=O) groups excluding carboxylic acids is 1. The Balaban J connectivity index is 1.72. The lowest BCUT2D eigenvalue weighted by Crippen LogP contribution is -2.08. The number of imidazole rings is 1. The number of anilines is 1. The molecule has 0 amide bonds. The Kier molecular flexibility index (Phi) is 4.42. The fraction of sp³-hybridized carbons (Fsp3) is 0.263. The van der Waals surface area contributed by atoms with Crippen LogP contribution in [0.25, 0.3) is 11.0 Å². The third kappa shape index (κ3) is 3.42. The number of nitrogens with zero attached hydrogens (tertiary/aromatic N) is 1. The number of fused-ring (bicyclic) bond motifs is 1. The first-order valence-corrected chi connectivity index (χ1v) is 8.02. The van der Waals surface area contributed by atoms with Gasteiger partial charge in [0.05, 0.1) is 17.1 Å². The van der Waals surface area contributed by atoms with Crippen LogP contribution >= 0.6 is 0 Å². The summed E-state index contributed by atoms with van der Waals surface area (Å²) in [5.41, 5.74) is 3.76. The molecule has 118 valence electrons. The zero-order valence-electron chi connectivity index (χ0n) is 13.5. The number of para-hydroxylation sites is 2. The first kappa shape index (κ1) is 15.3. The number of benzene rings is 2. The van der Waals surface area contributed by atoms with Crippen LogP contribution in [0.15, 0.2) is 48.5 Å². The number of Topliss-reactive ketones (excluding diaryl/α,β-unsaturated/α-hetero) is 1. The van der Waals surface area contributed by atoms with Gasteiger partial charge >= 0.3 is 0 Å². The maximum absolute atomic E-state index is 11.9. The van der Waals surface area contributed by atoms with Gasteiger partial charge in [0.25, 0.3) is 0 Å². The first-order valence-electron chi connectivity index (χ1n) is 8.02. The largest absolute Gasteiger partial charge is 0.375 e. The molecule has 3 aromatic rings. The Morgan fingerprint density at radius 2 is 1.91 bits per heavy atom. The zero-order valence-corrected chi connectivity index (χ0v) is 13.5. The summed E-state index contributed by atoms with van der Waals surface area (Å²) in [6.45, 7) is 4.08. The van der Waals surface area contributed by atoms with Gasteiger partial charge in [-0.15, -0.1) is 0 Å². The lowest BCUT2D eigenvalue weighted by atomic mass is 10.1. The summed E-state index contributed by atoms with van der Waals surface area (Å²) in [6, 6.07) is 15.7. The van der Waals surface area contributed by atoms with Crippen molar-refractivity contribution >= 4 is 22.5 Å². The van der Waals surface area contributed by atoms with Crippen LogP contribution in [0.5, 0.6) is 0 Å².